The summed E-state index contributed by atoms with van der Waals surface area (Å²) >= 11 is 1.31. The summed E-state index contributed by atoms with van der Waals surface area (Å²) in [5.41, 5.74) is 5.83. The third-order valence-corrected chi connectivity index (χ3v) is 4.43. The summed E-state index contributed by atoms with van der Waals surface area (Å²) in [5, 5.41) is 13.6. The van der Waals surface area contributed by atoms with Gasteiger partial charge in [-0.05, 0) is 25.7 Å². The van der Waals surface area contributed by atoms with Crippen LogP contribution in [-0.4, -0.2) is 46.1 Å². The Balaban J connectivity index is 1.72. The van der Waals surface area contributed by atoms with E-state index in [2.05, 4.69) is 10.3 Å². The Bertz CT molecular complexity index is 486. The number of nitrogens with two attached hydrogens (primary N) is 1. The lowest BCUT2D eigenvalue weighted by Gasteiger charge is -2.29. The number of piperidine rings is 1. The zero-order valence-electron chi connectivity index (χ0n) is 10.6. The highest BCUT2D eigenvalue weighted by atomic mass is 32.1. The minimum atomic E-state index is -0.420. The number of hydrogen-bond donors (Lipinski definition) is 3. The molecule has 1 amide bonds. The molecule has 0 radical (unpaired) electrons. The number of aromatic nitrogens is 1. The van der Waals surface area contributed by atoms with Gasteiger partial charge in [-0.15, -0.1) is 0 Å². The molecule has 1 saturated heterocycles. The van der Waals surface area contributed by atoms with Gasteiger partial charge in [-0.1, -0.05) is 11.3 Å². The van der Waals surface area contributed by atoms with E-state index < -0.39 is 6.10 Å². The highest BCUT2D eigenvalue weighted by Crippen LogP contribution is 2.31. The van der Waals surface area contributed by atoms with Crippen LogP contribution < -0.4 is 11.1 Å². The van der Waals surface area contributed by atoms with E-state index in [-0.39, 0.29) is 5.91 Å². The first-order valence-corrected chi connectivity index (χ1v) is 7.45. The summed E-state index contributed by atoms with van der Waals surface area (Å²) in [4.78, 5) is 18.7. The first kappa shape index (κ1) is 12.7. The van der Waals surface area contributed by atoms with Crippen LogP contribution in [0.2, 0.25) is 0 Å². The van der Waals surface area contributed by atoms with Crippen molar-refractivity contribution < 1.29 is 9.90 Å². The van der Waals surface area contributed by atoms with Crippen molar-refractivity contribution in [2.45, 2.75) is 37.8 Å². The molecule has 1 atom stereocenters. The lowest BCUT2D eigenvalue weighted by Crippen LogP contribution is -2.42. The Kier molecular flexibility index (Phi) is 3.32. The van der Waals surface area contributed by atoms with Crippen molar-refractivity contribution >= 4 is 28.2 Å². The largest absolute Gasteiger partial charge is 0.391 e. The summed E-state index contributed by atoms with van der Waals surface area (Å²) in [5.74, 6) is 0.177. The van der Waals surface area contributed by atoms with Crippen molar-refractivity contribution in [2.24, 2.45) is 0 Å². The number of amides is 1. The average molecular weight is 282 g/mol. The van der Waals surface area contributed by atoms with Crippen LogP contribution in [0.15, 0.2) is 0 Å². The standard InChI is InChI=1S/C12H18N4O2S/c13-10-9(19-12(15-10)14-7-3-4-7)11(18)16-5-1-2-8(17)6-16/h7-8,17H,1-6,13H2,(H,14,15). The van der Waals surface area contributed by atoms with Gasteiger partial charge in [0.2, 0.25) is 0 Å². The summed E-state index contributed by atoms with van der Waals surface area (Å²) in [7, 11) is 0. The number of thiazole rings is 1. The van der Waals surface area contributed by atoms with Crippen LogP contribution in [0.4, 0.5) is 10.9 Å². The van der Waals surface area contributed by atoms with Crippen molar-refractivity contribution in [3.63, 3.8) is 0 Å². The molecule has 0 aromatic carbocycles. The molecular weight excluding hydrogens is 264 g/mol. The fraction of sp³-hybridized carbons (Fsp3) is 0.667. The molecule has 0 spiro atoms. The van der Waals surface area contributed by atoms with E-state index in [1.54, 1.807) is 4.90 Å². The second-order valence-electron chi connectivity index (χ2n) is 5.20. The molecule has 1 aromatic rings. The molecule has 0 bridgehead atoms. The number of aliphatic hydroxyl groups excluding tert-OH is 1. The SMILES string of the molecule is Nc1nc(NC2CC2)sc1C(=O)N1CCCC(O)C1. The van der Waals surface area contributed by atoms with Gasteiger partial charge in [-0.2, -0.15) is 0 Å². The van der Waals surface area contributed by atoms with Crippen LogP contribution in [0.1, 0.15) is 35.4 Å². The van der Waals surface area contributed by atoms with Gasteiger partial charge >= 0.3 is 0 Å². The molecule has 3 rings (SSSR count). The molecule has 6 nitrogen and oxygen atoms in total. The molecule has 2 fully saturated rings. The van der Waals surface area contributed by atoms with Gasteiger partial charge in [0.1, 0.15) is 10.7 Å². The zero-order chi connectivity index (χ0) is 13.4. The predicted octanol–water partition coefficient (Wildman–Crippen LogP) is 0.897. The minimum absolute atomic E-state index is 0.113. The lowest BCUT2D eigenvalue weighted by molar-refractivity contribution is 0.0478. The maximum absolute atomic E-state index is 12.4. The number of anilines is 2. The van der Waals surface area contributed by atoms with Crippen LogP contribution in [0.5, 0.6) is 0 Å². The third kappa shape index (κ3) is 2.82. The summed E-state index contributed by atoms with van der Waals surface area (Å²) in [6.07, 6.45) is 3.48. The molecule has 1 unspecified atom stereocenters. The van der Waals surface area contributed by atoms with Crippen LogP contribution in [0.3, 0.4) is 0 Å². The molecular formula is C12H18N4O2S. The first-order valence-electron chi connectivity index (χ1n) is 6.63. The fourth-order valence-electron chi connectivity index (χ4n) is 2.23. The normalized spacial score (nSPS) is 23.4. The topological polar surface area (TPSA) is 91.5 Å². The Labute approximate surface area is 115 Å². The van der Waals surface area contributed by atoms with E-state index in [0.717, 1.165) is 30.8 Å². The van der Waals surface area contributed by atoms with Gasteiger partial charge in [0.15, 0.2) is 5.13 Å². The summed E-state index contributed by atoms with van der Waals surface area (Å²) in [6.45, 7) is 1.07. The number of carbonyl (C=O) groups excluding carboxylic acids is 1. The monoisotopic (exact) mass is 282 g/mol. The third-order valence-electron chi connectivity index (χ3n) is 3.44. The second-order valence-corrected chi connectivity index (χ2v) is 6.20. The number of nitrogens with zero attached hydrogens (tertiary/aromatic N) is 2. The van der Waals surface area contributed by atoms with E-state index in [9.17, 15) is 9.90 Å². The summed E-state index contributed by atoms with van der Waals surface area (Å²) in [6, 6.07) is 0.491. The van der Waals surface area contributed by atoms with Crippen molar-refractivity contribution in [1.82, 2.24) is 9.88 Å². The van der Waals surface area contributed by atoms with Gasteiger partial charge in [0, 0.05) is 19.1 Å². The van der Waals surface area contributed by atoms with Crippen molar-refractivity contribution in [3.8, 4) is 0 Å². The molecule has 1 aromatic heterocycles. The van der Waals surface area contributed by atoms with Crippen LogP contribution in [0, 0.1) is 0 Å². The second kappa shape index (κ2) is 4.97. The Morgan fingerprint density at radius 1 is 1.47 bits per heavy atom. The fourth-order valence-corrected chi connectivity index (χ4v) is 3.16. The van der Waals surface area contributed by atoms with E-state index >= 15 is 0 Å². The number of nitrogen functional groups attached to an aromatic ring is 1. The van der Waals surface area contributed by atoms with Gasteiger partial charge in [-0.3, -0.25) is 4.79 Å². The van der Waals surface area contributed by atoms with Gasteiger partial charge in [-0.25, -0.2) is 4.98 Å². The van der Waals surface area contributed by atoms with Crippen LogP contribution in [-0.2, 0) is 0 Å². The number of β-amino-alcohol motifs (C(OH)–C–C–N with tert-alkyl or cyclic N) is 1. The van der Waals surface area contributed by atoms with Crippen molar-refractivity contribution in [2.75, 3.05) is 24.1 Å². The predicted molar refractivity (Wildman–Crippen MR) is 74.3 cm³/mol. The quantitative estimate of drug-likeness (QED) is 0.766. The van der Waals surface area contributed by atoms with Crippen molar-refractivity contribution in [3.05, 3.63) is 4.88 Å². The first-order chi connectivity index (χ1) is 9.13. The molecule has 19 heavy (non-hydrogen) atoms. The van der Waals surface area contributed by atoms with E-state index in [1.807, 2.05) is 0 Å². The van der Waals surface area contributed by atoms with Gasteiger partial charge < -0.3 is 21.1 Å². The minimum Gasteiger partial charge on any atom is -0.391 e. The van der Waals surface area contributed by atoms with Crippen molar-refractivity contribution in [1.29, 1.82) is 0 Å². The molecule has 1 aliphatic carbocycles. The van der Waals surface area contributed by atoms with Crippen LogP contribution in [0.25, 0.3) is 0 Å². The van der Waals surface area contributed by atoms with Gasteiger partial charge in [0.05, 0.1) is 6.10 Å². The maximum Gasteiger partial charge on any atom is 0.267 e. The molecule has 1 saturated carbocycles. The number of hydrogen-bond acceptors (Lipinski definition) is 6. The highest BCUT2D eigenvalue weighted by molar-refractivity contribution is 7.18. The average Bonchev–Trinajstić information content (AvgIpc) is 3.11. The van der Waals surface area contributed by atoms with Gasteiger partial charge in [0.25, 0.3) is 5.91 Å². The molecule has 7 heteroatoms. The van der Waals surface area contributed by atoms with Crippen LogP contribution >= 0.6 is 11.3 Å². The Morgan fingerprint density at radius 3 is 2.95 bits per heavy atom. The molecule has 2 aliphatic rings. The van der Waals surface area contributed by atoms with E-state index in [0.29, 0.717) is 29.8 Å². The zero-order valence-corrected chi connectivity index (χ0v) is 11.4. The summed E-state index contributed by atoms with van der Waals surface area (Å²) < 4.78 is 0. The number of likely N-dealkylation sites (tertiary alicyclic amines) is 1. The van der Waals surface area contributed by atoms with E-state index in [1.165, 1.54) is 11.3 Å². The molecule has 104 valence electrons. The highest BCUT2D eigenvalue weighted by Gasteiger charge is 2.28. The Morgan fingerprint density at radius 2 is 2.26 bits per heavy atom. The molecule has 1 aliphatic heterocycles. The molecule has 4 N–H and O–H groups in total. The smallest absolute Gasteiger partial charge is 0.267 e. The number of nitrogens with one attached hydrogen (secondary N) is 1. The Hall–Kier alpha value is -1.34. The number of aliphatic hydroxyl groups is 1. The lowest BCUT2D eigenvalue weighted by atomic mass is 10.1. The number of rotatable bonds is 3. The maximum atomic E-state index is 12.4. The number of carbonyl (C=O) groups is 1. The molecule has 2 heterocycles. The van der Waals surface area contributed by atoms with E-state index in [4.69, 9.17) is 5.73 Å².